The lowest BCUT2D eigenvalue weighted by molar-refractivity contribution is -0.113. The van der Waals surface area contributed by atoms with Gasteiger partial charge < -0.3 is 15.4 Å². The molecule has 0 aliphatic rings. The van der Waals surface area contributed by atoms with Crippen molar-refractivity contribution in [3.63, 3.8) is 0 Å². The number of amides is 1. The van der Waals surface area contributed by atoms with E-state index in [1.807, 2.05) is 55.5 Å². The molecule has 0 saturated heterocycles. The number of nitrogens with zero attached hydrogens (tertiary/aromatic N) is 2. The number of hydrogen-bond acceptors (Lipinski definition) is 7. The monoisotopic (exact) mass is 386 g/mol. The summed E-state index contributed by atoms with van der Waals surface area (Å²) in [5.74, 6) is 0.974. The van der Waals surface area contributed by atoms with Crippen LogP contribution < -0.4 is 15.4 Å². The van der Waals surface area contributed by atoms with Crippen LogP contribution in [-0.2, 0) is 4.79 Å². The van der Waals surface area contributed by atoms with Gasteiger partial charge in [0.15, 0.2) is 4.34 Å². The molecule has 0 saturated carbocycles. The van der Waals surface area contributed by atoms with Crippen molar-refractivity contribution in [3.05, 3.63) is 54.1 Å². The van der Waals surface area contributed by atoms with Crippen LogP contribution >= 0.6 is 23.1 Å². The quantitative estimate of drug-likeness (QED) is 0.589. The first kappa shape index (κ1) is 18.2. The van der Waals surface area contributed by atoms with Crippen molar-refractivity contribution < 1.29 is 9.53 Å². The number of hydrogen-bond donors (Lipinski definition) is 2. The summed E-state index contributed by atoms with van der Waals surface area (Å²) in [5, 5.41) is 14.9. The van der Waals surface area contributed by atoms with Crippen molar-refractivity contribution >= 4 is 45.5 Å². The Bertz CT molecular complexity index is 898. The number of carbonyl (C=O) groups excluding carboxylic acids is 1. The molecule has 2 N–H and O–H groups in total. The van der Waals surface area contributed by atoms with Crippen LogP contribution in [-0.4, -0.2) is 29.0 Å². The highest BCUT2D eigenvalue weighted by Gasteiger charge is 2.09. The summed E-state index contributed by atoms with van der Waals surface area (Å²) in [6.07, 6.45) is 0. The first-order valence-corrected chi connectivity index (χ1v) is 9.66. The first-order chi connectivity index (χ1) is 12.6. The van der Waals surface area contributed by atoms with Gasteiger partial charge in [-0.2, -0.15) is 0 Å². The number of aryl methyl sites for hydroxylation is 1. The van der Waals surface area contributed by atoms with E-state index in [0.717, 1.165) is 27.0 Å². The molecule has 0 spiro atoms. The molecule has 0 radical (unpaired) electrons. The summed E-state index contributed by atoms with van der Waals surface area (Å²) in [6.45, 7) is 1.99. The average molecular weight is 387 g/mol. The van der Waals surface area contributed by atoms with E-state index in [2.05, 4.69) is 20.8 Å². The predicted octanol–water partition coefficient (Wildman–Crippen LogP) is 4.33. The summed E-state index contributed by atoms with van der Waals surface area (Å²) < 4.78 is 5.93. The van der Waals surface area contributed by atoms with Crippen LogP contribution in [0.25, 0.3) is 0 Å². The number of benzene rings is 2. The van der Waals surface area contributed by atoms with Gasteiger partial charge in [-0.05, 0) is 36.8 Å². The zero-order valence-corrected chi connectivity index (χ0v) is 16.0. The van der Waals surface area contributed by atoms with E-state index in [1.165, 1.54) is 23.1 Å². The third kappa shape index (κ3) is 5.21. The Morgan fingerprint density at radius 2 is 1.96 bits per heavy atom. The highest BCUT2D eigenvalue weighted by atomic mass is 32.2. The zero-order chi connectivity index (χ0) is 18.4. The molecule has 134 valence electrons. The zero-order valence-electron chi connectivity index (χ0n) is 14.4. The molecule has 8 heteroatoms. The summed E-state index contributed by atoms with van der Waals surface area (Å²) in [7, 11) is 1.63. The Kier molecular flexibility index (Phi) is 6.08. The van der Waals surface area contributed by atoms with Crippen molar-refractivity contribution in [1.82, 2.24) is 10.2 Å². The maximum absolute atomic E-state index is 12.1. The van der Waals surface area contributed by atoms with Crippen LogP contribution in [0.4, 0.5) is 16.5 Å². The molecule has 6 nitrogen and oxygen atoms in total. The van der Waals surface area contributed by atoms with Crippen LogP contribution in [0, 0.1) is 6.92 Å². The van der Waals surface area contributed by atoms with Crippen LogP contribution in [0.2, 0.25) is 0 Å². The fourth-order valence-corrected chi connectivity index (χ4v) is 3.76. The molecule has 0 fully saturated rings. The van der Waals surface area contributed by atoms with E-state index in [1.54, 1.807) is 7.11 Å². The van der Waals surface area contributed by atoms with E-state index in [0.29, 0.717) is 5.13 Å². The number of anilines is 3. The topological polar surface area (TPSA) is 76.1 Å². The molecule has 1 heterocycles. The van der Waals surface area contributed by atoms with Gasteiger partial charge in [0.2, 0.25) is 11.0 Å². The van der Waals surface area contributed by atoms with Gasteiger partial charge in [-0.15, -0.1) is 10.2 Å². The van der Waals surface area contributed by atoms with Gasteiger partial charge in [0.05, 0.1) is 12.9 Å². The van der Waals surface area contributed by atoms with E-state index < -0.39 is 0 Å². The predicted molar refractivity (Wildman–Crippen MR) is 107 cm³/mol. The van der Waals surface area contributed by atoms with Crippen LogP contribution in [0.5, 0.6) is 5.75 Å². The molecule has 1 aromatic heterocycles. The van der Waals surface area contributed by atoms with Crippen molar-refractivity contribution in [3.8, 4) is 5.75 Å². The summed E-state index contributed by atoms with van der Waals surface area (Å²) in [5.41, 5.74) is 2.77. The fraction of sp³-hybridized carbons (Fsp3) is 0.167. The number of nitrogens with one attached hydrogen (secondary N) is 2. The summed E-state index contributed by atoms with van der Waals surface area (Å²) in [6, 6.07) is 15.3. The van der Waals surface area contributed by atoms with Crippen molar-refractivity contribution in [2.24, 2.45) is 0 Å². The van der Waals surface area contributed by atoms with Crippen LogP contribution in [0.3, 0.4) is 0 Å². The van der Waals surface area contributed by atoms with E-state index in [4.69, 9.17) is 4.74 Å². The third-order valence-electron chi connectivity index (χ3n) is 3.36. The molecule has 0 unspecified atom stereocenters. The summed E-state index contributed by atoms with van der Waals surface area (Å²) >= 11 is 2.76. The van der Waals surface area contributed by atoms with E-state index in [-0.39, 0.29) is 11.7 Å². The Labute approximate surface area is 160 Å². The van der Waals surface area contributed by atoms with E-state index in [9.17, 15) is 4.79 Å². The van der Waals surface area contributed by atoms with Crippen molar-refractivity contribution in [1.29, 1.82) is 0 Å². The lowest BCUT2D eigenvalue weighted by Crippen LogP contribution is -2.13. The molecule has 0 atom stereocenters. The smallest absolute Gasteiger partial charge is 0.234 e. The molecule has 1 amide bonds. The Balaban J connectivity index is 1.52. The fourth-order valence-electron chi connectivity index (χ4n) is 2.19. The maximum atomic E-state index is 12.1. The molecule has 3 rings (SSSR count). The van der Waals surface area contributed by atoms with Crippen molar-refractivity contribution in [2.75, 3.05) is 23.5 Å². The van der Waals surface area contributed by atoms with Gasteiger partial charge in [0.25, 0.3) is 0 Å². The number of aromatic nitrogens is 2. The van der Waals surface area contributed by atoms with E-state index >= 15 is 0 Å². The maximum Gasteiger partial charge on any atom is 0.234 e. The normalized spacial score (nSPS) is 10.4. The molecular formula is C18H18N4O2S2. The molecule has 0 bridgehead atoms. The average Bonchev–Trinajstić information content (AvgIpc) is 3.07. The molecule has 3 aromatic rings. The lowest BCUT2D eigenvalue weighted by atomic mass is 10.2. The molecule has 2 aromatic carbocycles. The lowest BCUT2D eigenvalue weighted by Gasteiger charge is -2.05. The second-order valence-corrected chi connectivity index (χ2v) is 7.64. The minimum atomic E-state index is -0.0712. The van der Waals surface area contributed by atoms with Crippen LogP contribution in [0.15, 0.2) is 52.9 Å². The number of carbonyl (C=O) groups is 1. The summed E-state index contributed by atoms with van der Waals surface area (Å²) in [4.78, 5) is 12.1. The van der Waals surface area contributed by atoms with Gasteiger partial charge in [-0.25, -0.2) is 0 Å². The standard InChI is InChI=1S/C18H18N4O2S2/c1-12-5-3-6-13(9-12)19-16(23)11-25-18-22-21-17(26-18)20-14-7-4-8-15(10-14)24-2/h3-10H,11H2,1-2H3,(H,19,23)(H,20,21). The highest BCUT2D eigenvalue weighted by molar-refractivity contribution is 8.01. The van der Waals surface area contributed by atoms with Gasteiger partial charge >= 0.3 is 0 Å². The Morgan fingerprint density at radius 3 is 2.77 bits per heavy atom. The number of methoxy groups -OCH3 is 1. The van der Waals surface area contributed by atoms with Crippen molar-refractivity contribution in [2.45, 2.75) is 11.3 Å². The second kappa shape index (κ2) is 8.68. The minimum absolute atomic E-state index is 0.0712. The number of ether oxygens (including phenoxy) is 1. The largest absolute Gasteiger partial charge is 0.497 e. The minimum Gasteiger partial charge on any atom is -0.497 e. The third-order valence-corrected chi connectivity index (χ3v) is 5.33. The Morgan fingerprint density at radius 1 is 1.15 bits per heavy atom. The van der Waals surface area contributed by atoms with Gasteiger partial charge in [-0.3, -0.25) is 4.79 Å². The second-order valence-electron chi connectivity index (χ2n) is 5.44. The Hall–Kier alpha value is -2.58. The van der Waals surface area contributed by atoms with Gasteiger partial charge in [0.1, 0.15) is 5.75 Å². The highest BCUT2D eigenvalue weighted by Crippen LogP contribution is 2.28. The number of thioether (sulfide) groups is 1. The molecular weight excluding hydrogens is 368 g/mol. The SMILES string of the molecule is COc1cccc(Nc2nnc(SCC(=O)Nc3cccc(C)c3)s2)c1. The van der Waals surface area contributed by atoms with Gasteiger partial charge in [0, 0.05) is 17.4 Å². The first-order valence-electron chi connectivity index (χ1n) is 7.86. The van der Waals surface area contributed by atoms with Gasteiger partial charge in [-0.1, -0.05) is 41.3 Å². The molecule has 0 aliphatic heterocycles. The molecule has 26 heavy (non-hydrogen) atoms. The number of rotatable bonds is 7. The van der Waals surface area contributed by atoms with Crippen LogP contribution in [0.1, 0.15) is 5.56 Å². The molecule has 0 aliphatic carbocycles.